The van der Waals surface area contributed by atoms with E-state index in [-0.39, 0.29) is 18.3 Å². The van der Waals surface area contributed by atoms with E-state index in [1.807, 2.05) is 63.2 Å². The minimum absolute atomic E-state index is 0.109. The summed E-state index contributed by atoms with van der Waals surface area (Å²) in [5.41, 5.74) is 2.89. The minimum atomic E-state index is -0.770. The summed E-state index contributed by atoms with van der Waals surface area (Å²) in [6.07, 6.45) is 4.07. The third-order valence-electron chi connectivity index (χ3n) is 6.42. The van der Waals surface area contributed by atoms with Crippen LogP contribution in [0.4, 0.5) is 0 Å². The van der Waals surface area contributed by atoms with Crippen molar-refractivity contribution in [1.82, 2.24) is 4.57 Å². The van der Waals surface area contributed by atoms with Crippen molar-refractivity contribution in [3.63, 3.8) is 0 Å². The molecule has 0 bridgehead atoms. The predicted molar refractivity (Wildman–Crippen MR) is 161 cm³/mol. The number of rotatable bonds is 11. The monoisotopic (exact) mass is 576 g/mol. The van der Waals surface area contributed by atoms with Crippen LogP contribution in [0.3, 0.4) is 0 Å². The van der Waals surface area contributed by atoms with Gasteiger partial charge in [0.2, 0.25) is 0 Å². The summed E-state index contributed by atoms with van der Waals surface area (Å²) in [4.78, 5) is 32.5. The van der Waals surface area contributed by atoms with Crippen LogP contribution in [-0.4, -0.2) is 37.0 Å². The predicted octanol–water partition coefficient (Wildman–Crippen LogP) is 4.72. The lowest BCUT2D eigenvalue weighted by Crippen LogP contribution is -2.40. The molecule has 0 N–H and O–H groups in total. The van der Waals surface area contributed by atoms with Crippen molar-refractivity contribution < 1.29 is 23.7 Å². The topological polar surface area (TPSA) is 88.4 Å². The van der Waals surface area contributed by atoms with Gasteiger partial charge in [0.1, 0.15) is 11.8 Å². The first-order chi connectivity index (χ1) is 19.7. The number of methoxy groups -OCH3 is 1. The van der Waals surface area contributed by atoms with Gasteiger partial charge in [0, 0.05) is 11.1 Å². The average Bonchev–Trinajstić information content (AvgIpc) is 3.23. The van der Waals surface area contributed by atoms with Crippen LogP contribution in [0.5, 0.6) is 17.2 Å². The highest BCUT2D eigenvalue weighted by Gasteiger charge is 2.35. The van der Waals surface area contributed by atoms with E-state index in [4.69, 9.17) is 18.9 Å². The fraction of sp³-hybridized carbons (Fsp3) is 0.344. The quantitative estimate of drug-likeness (QED) is 0.243. The van der Waals surface area contributed by atoms with Gasteiger partial charge in [0.05, 0.1) is 42.2 Å². The normalized spacial score (nSPS) is 14.9. The molecule has 0 aliphatic carbocycles. The molecule has 216 valence electrons. The second-order valence-corrected chi connectivity index (χ2v) is 10.7. The highest BCUT2D eigenvalue weighted by molar-refractivity contribution is 7.07. The number of carbonyl (C=O) groups excluding carboxylic acids is 1. The lowest BCUT2D eigenvalue weighted by Gasteiger charge is -2.26. The van der Waals surface area contributed by atoms with Crippen molar-refractivity contribution in [3.8, 4) is 17.2 Å². The van der Waals surface area contributed by atoms with Crippen molar-refractivity contribution in [2.75, 3.05) is 20.3 Å². The Morgan fingerprint density at radius 1 is 1.17 bits per heavy atom. The number of benzene rings is 2. The molecule has 0 unspecified atom stereocenters. The number of aromatic nitrogens is 1. The van der Waals surface area contributed by atoms with Gasteiger partial charge >= 0.3 is 5.97 Å². The Labute approximate surface area is 243 Å². The number of hydrogen-bond acceptors (Lipinski definition) is 8. The van der Waals surface area contributed by atoms with E-state index in [1.54, 1.807) is 31.6 Å². The Morgan fingerprint density at radius 2 is 1.93 bits per heavy atom. The van der Waals surface area contributed by atoms with Crippen LogP contribution < -0.4 is 29.1 Å². The summed E-state index contributed by atoms with van der Waals surface area (Å²) in [5, 5.41) is 0. The molecule has 8 nitrogen and oxygen atoms in total. The van der Waals surface area contributed by atoms with E-state index in [1.165, 1.54) is 11.3 Å². The molecule has 0 fully saturated rings. The zero-order chi connectivity index (χ0) is 29.7. The van der Waals surface area contributed by atoms with E-state index in [0.717, 1.165) is 11.1 Å². The molecule has 0 amide bonds. The van der Waals surface area contributed by atoms with Gasteiger partial charge in [-0.2, -0.15) is 0 Å². The van der Waals surface area contributed by atoms with Gasteiger partial charge in [-0.25, -0.2) is 9.79 Å². The van der Waals surface area contributed by atoms with Gasteiger partial charge in [-0.3, -0.25) is 9.36 Å². The van der Waals surface area contributed by atoms with Gasteiger partial charge < -0.3 is 18.9 Å². The molecule has 1 atom stereocenters. The Hall–Kier alpha value is -4.11. The lowest BCUT2D eigenvalue weighted by molar-refractivity contribution is -0.139. The number of ether oxygens (including phenoxy) is 4. The number of para-hydroxylation sites is 1. The number of hydrogen-bond donors (Lipinski definition) is 0. The van der Waals surface area contributed by atoms with E-state index >= 15 is 0 Å². The molecule has 2 heterocycles. The Kier molecular flexibility index (Phi) is 9.50. The number of nitrogens with zero attached hydrogens (tertiary/aromatic N) is 2. The zero-order valence-corrected chi connectivity index (χ0v) is 25.2. The summed E-state index contributed by atoms with van der Waals surface area (Å²) >= 11 is 1.26. The van der Waals surface area contributed by atoms with E-state index in [0.29, 0.717) is 56.4 Å². The molecule has 0 saturated carbocycles. The molecular weight excluding hydrogens is 540 g/mol. The van der Waals surface area contributed by atoms with Gasteiger partial charge in [-0.05, 0) is 70.9 Å². The third-order valence-corrected chi connectivity index (χ3v) is 7.40. The van der Waals surface area contributed by atoms with Gasteiger partial charge in [0.15, 0.2) is 16.3 Å². The SMILES string of the molecule is C=CCc1cc(/C=c2/sc3n(c2=O)[C@H](c2ccccc2OC(C)C)C(C(=O)OCC)=C(C)N=3)cc(OC)c1OCC. The standard InChI is InChI=1S/C32H36N2O6S/c1-8-13-22-16-21(17-25(37-7)29(22)38-9-2)18-26-30(35)34-28(23-14-11-12-15-24(23)40-19(4)5)27(31(36)39-10-3)20(6)33-32(34)41-26/h8,11-12,14-19,28H,1,9-10,13H2,2-7H3/b26-18+/t28-/m1/s1. The molecule has 1 aliphatic heterocycles. The van der Waals surface area contributed by atoms with Crippen molar-refractivity contribution >= 4 is 23.4 Å². The second kappa shape index (κ2) is 13.0. The van der Waals surface area contributed by atoms with Crippen LogP contribution in [-0.2, 0) is 16.0 Å². The number of esters is 1. The molecule has 0 spiro atoms. The van der Waals surface area contributed by atoms with E-state index < -0.39 is 12.0 Å². The van der Waals surface area contributed by atoms with Gasteiger partial charge in [-0.1, -0.05) is 35.6 Å². The number of fused-ring (bicyclic) bond motifs is 1. The summed E-state index contributed by atoms with van der Waals surface area (Å²) in [7, 11) is 1.59. The first-order valence-corrected chi connectivity index (χ1v) is 14.4. The molecule has 41 heavy (non-hydrogen) atoms. The number of allylic oxidation sites excluding steroid dienone is 2. The van der Waals surface area contributed by atoms with Crippen LogP contribution in [0.15, 0.2) is 70.1 Å². The fourth-order valence-electron chi connectivity index (χ4n) is 4.84. The molecule has 1 aliphatic rings. The smallest absolute Gasteiger partial charge is 0.338 e. The lowest BCUT2D eigenvalue weighted by atomic mass is 9.95. The second-order valence-electron chi connectivity index (χ2n) is 9.64. The van der Waals surface area contributed by atoms with Crippen molar-refractivity contribution in [1.29, 1.82) is 0 Å². The van der Waals surface area contributed by atoms with Gasteiger partial charge in [0.25, 0.3) is 5.56 Å². The summed E-state index contributed by atoms with van der Waals surface area (Å²) in [6.45, 7) is 13.8. The Balaban J connectivity index is 1.97. The average molecular weight is 577 g/mol. The van der Waals surface area contributed by atoms with Crippen LogP contribution in [0.1, 0.15) is 57.4 Å². The molecule has 3 aromatic rings. The molecule has 4 rings (SSSR count). The molecule has 1 aromatic heterocycles. The summed E-state index contributed by atoms with van der Waals surface area (Å²) in [5.74, 6) is 1.30. The molecule has 0 radical (unpaired) electrons. The van der Waals surface area contributed by atoms with E-state index in [9.17, 15) is 9.59 Å². The van der Waals surface area contributed by atoms with Crippen molar-refractivity contribution in [2.24, 2.45) is 4.99 Å². The zero-order valence-electron chi connectivity index (χ0n) is 24.4. The molecule has 2 aromatic carbocycles. The molecule has 0 saturated heterocycles. The Bertz CT molecular complexity index is 1660. The molecular formula is C32H36N2O6S. The van der Waals surface area contributed by atoms with Gasteiger partial charge in [-0.15, -0.1) is 6.58 Å². The van der Waals surface area contributed by atoms with Crippen LogP contribution in [0, 0.1) is 0 Å². The van der Waals surface area contributed by atoms with Crippen LogP contribution in [0.25, 0.3) is 6.08 Å². The number of carbonyl (C=O) groups is 1. The largest absolute Gasteiger partial charge is 0.493 e. The van der Waals surface area contributed by atoms with Crippen LogP contribution >= 0.6 is 11.3 Å². The van der Waals surface area contributed by atoms with E-state index in [2.05, 4.69) is 11.6 Å². The molecule has 9 heteroatoms. The van der Waals surface area contributed by atoms with Crippen LogP contribution in [0.2, 0.25) is 0 Å². The third kappa shape index (κ3) is 6.15. The first-order valence-electron chi connectivity index (χ1n) is 13.6. The summed E-state index contributed by atoms with van der Waals surface area (Å²) < 4.78 is 25.0. The van der Waals surface area contributed by atoms with Crippen molar-refractivity contribution in [3.05, 3.63) is 96.7 Å². The highest BCUT2D eigenvalue weighted by atomic mass is 32.1. The maximum Gasteiger partial charge on any atom is 0.338 e. The minimum Gasteiger partial charge on any atom is -0.493 e. The first kappa shape index (κ1) is 29.9. The Morgan fingerprint density at radius 3 is 2.59 bits per heavy atom. The highest BCUT2D eigenvalue weighted by Crippen LogP contribution is 2.37. The maximum atomic E-state index is 14.1. The fourth-order valence-corrected chi connectivity index (χ4v) is 5.89. The number of thiazole rings is 1. The summed E-state index contributed by atoms with van der Waals surface area (Å²) in [6, 6.07) is 10.5. The maximum absolute atomic E-state index is 14.1. The van der Waals surface area contributed by atoms with Crippen molar-refractivity contribution in [2.45, 2.75) is 53.2 Å².